The molecule has 5 heteroatoms. The second-order valence-electron chi connectivity index (χ2n) is 2.00. The molecule has 0 bridgehead atoms. The lowest BCUT2D eigenvalue weighted by atomic mass is 10.9. The van der Waals surface area contributed by atoms with Crippen molar-refractivity contribution in [1.82, 2.24) is 0 Å². The van der Waals surface area contributed by atoms with Gasteiger partial charge >= 0.3 is 7.95 Å². The fourth-order valence-electron chi connectivity index (χ4n) is 0.832. The van der Waals surface area contributed by atoms with Gasteiger partial charge in [-0.2, -0.15) is 0 Å². The maximum atomic E-state index is 5.52. The summed E-state index contributed by atoms with van der Waals surface area (Å²) in [5.41, 5.74) is 0. The van der Waals surface area contributed by atoms with E-state index < -0.39 is 7.95 Å². The van der Waals surface area contributed by atoms with E-state index in [1.165, 1.54) is 0 Å². The average Bonchev–Trinajstić information content (AvgIpc) is 2.06. The van der Waals surface area contributed by atoms with E-state index >= 15 is 0 Å². The summed E-state index contributed by atoms with van der Waals surface area (Å²) < 4.78 is 16.6. The summed E-state index contributed by atoms with van der Waals surface area (Å²) in [5.74, 6) is 0. The molecule has 0 unspecified atom stereocenters. The number of rotatable bonds is 7. The minimum Gasteiger partial charge on any atom is -0.366 e. The third-order valence-electron chi connectivity index (χ3n) is 1.21. The first-order chi connectivity index (χ1) is 5.74. The van der Waals surface area contributed by atoms with Crippen molar-refractivity contribution in [2.45, 2.75) is 20.8 Å². The monoisotopic (exact) mass is 210 g/mol. The van der Waals surface area contributed by atoms with E-state index in [0.29, 0.717) is 19.8 Å². The number of hydrogen-bond acceptors (Lipinski definition) is 4. The van der Waals surface area contributed by atoms with Crippen molar-refractivity contribution in [3.05, 3.63) is 0 Å². The van der Waals surface area contributed by atoms with Crippen LogP contribution in [0, 0.1) is 0 Å². The zero-order valence-electron chi connectivity index (χ0n) is 8.25. The predicted molar refractivity (Wildman–Crippen MR) is 54.1 cm³/mol. The van der Waals surface area contributed by atoms with E-state index in [4.69, 9.17) is 13.3 Å². The molecule has 0 amide bonds. The fraction of sp³-hybridized carbons (Fsp3) is 1.00. The van der Waals surface area contributed by atoms with Crippen LogP contribution in [0.25, 0.3) is 0 Å². The van der Waals surface area contributed by atoms with Gasteiger partial charge in [-0.25, -0.2) is 0 Å². The van der Waals surface area contributed by atoms with Crippen LogP contribution in [0.2, 0.25) is 0 Å². The van der Waals surface area contributed by atoms with Crippen molar-refractivity contribution >= 4 is 19.2 Å². The van der Waals surface area contributed by atoms with Crippen LogP contribution < -0.4 is 0 Å². The summed E-state index contributed by atoms with van der Waals surface area (Å²) in [5, 5.41) is 0. The molecule has 0 N–H and O–H groups in total. The molecule has 0 aromatic rings. The second kappa shape index (κ2) is 6.91. The third-order valence-corrected chi connectivity index (χ3v) is 6.20. The first-order valence-corrected chi connectivity index (χ1v) is 7.89. The molecular formula is C7H18O3SSi. The van der Waals surface area contributed by atoms with Gasteiger partial charge in [0.25, 0.3) is 0 Å². The summed E-state index contributed by atoms with van der Waals surface area (Å²) >= 11 is 1.56. The normalized spacial score (nSPS) is 12.0. The van der Waals surface area contributed by atoms with Gasteiger partial charge in [0.15, 0.2) is 0 Å². The van der Waals surface area contributed by atoms with E-state index in [2.05, 4.69) is 0 Å². The summed E-state index contributed by atoms with van der Waals surface area (Å²) in [6.07, 6.45) is 1.97. The van der Waals surface area contributed by atoms with Crippen LogP contribution in [-0.2, 0) is 13.3 Å². The Labute approximate surface area is 79.8 Å². The van der Waals surface area contributed by atoms with Crippen LogP contribution in [0.4, 0.5) is 0 Å². The first kappa shape index (κ1) is 12.4. The van der Waals surface area contributed by atoms with Gasteiger partial charge in [0.1, 0.15) is 0 Å². The molecule has 0 spiro atoms. The molecule has 0 saturated carbocycles. The van der Waals surface area contributed by atoms with Gasteiger partial charge in [0, 0.05) is 19.8 Å². The van der Waals surface area contributed by atoms with Crippen LogP contribution in [0.3, 0.4) is 0 Å². The lowest BCUT2D eigenvalue weighted by Crippen LogP contribution is -2.42. The highest BCUT2D eigenvalue weighted by Gasteiger charge is 2.40. The van der Waals surface area contributed by atoms with E-state index in [0.717, 1.165) is 0 Å². The van der Waals surface area contributed by atoms with Gasteiger partial charge in [0.05, 0.1) is 0 Å². The molecule has 12 heavy (non-hydrogen) atoms. The highest BCUT2D eigenvalue weighted by molar-refractivity contribution is 8.26. The highest BCUT2D eigenvalue weighted by atomic mass is 32.4. The van der Waals surface area contributed by atoms with Crippen molar-refractivity contribution in [2.75, 3.05) is 26.1 Å². The maximum absolute atomic E-state index is 5.52. The quantitative estimate of drug-likeness (QED) is 0.600. The van der Waals surface area contributed by atoms with Crippen molar-refractivity contribution in [1.29, 1.82) is 0 Å². The van der Waals surface area contributed by atoms with Gasteiger partial charge in [-0.15, -0.1) is 11.2 Å². The van der Waals surface area contributed by atoms with Gasteiger partial charge in [-0.1, -0.05) is 0 Å². The standard InChI is InChI=1S/C7H18O3SSi/c1-5-8-12(11-4,9-6-2)10-7-3/h5-7H2,1-4H3. The van der Waals surface area contributed by atoms with E-state index in [1.807, 2.05) is 27.0 Å². The third kappa shape index (κ3) is 3.91. The highest BCUT2D eigenvalue weighted by Crippen LogP contribution is 2.21. The molecular weight excluding hydrogens is 192 g/mol. The SMILES string of the molecule is CCO[Si](OCC)(OCC)SC. The Hall–Kier alpha value is 0.447. The molecule has 0 atom stereocenters. The minimum atomic E-state index is -2.35. The molecule has 0 rings (SSSR count). The topological polar surface area (TPSA) is 27.7 Å². The largest absolute Gasteiger partial charge is 0.572 e. The number of hydrogen-bond donors (Lipinski definition) is 0. The Morgan fingerprint density at radius 1 is 0.917 bits per heavy atom. The Bertz CT molecular complexity index is 95.8. The first-order valence-electron chi connectivity index (χ1n) is 4.21. The maximum Gasteiger partial charge on any atom is 0.572 e. The Balaban J connectivity index is 4.06. The molecule has 0 radical (unpaired) electrons. The average molecular weight is 210 g/mol. The predicted octanol–water partition coefficient (Wildman–Crippen LogP) is 1.89. The zero-order valence-corrected chi connectivity index (χ0v) is 10.1. The molecule has 0 heterocycles. The molecule has 3 nitrogen and oxygen atoms in total. The van der Waals surface area contributed by atoms with Crippen molar-refractivity contribution in [3.63, 3.8) is 0 Å². The summed E-state index contributed by atoms with van der Waals surface area (Å²) in [7, 11) is -2.35. The lowest BCUT2D eigenvalue weighted by molar-refractivity contribution is 0.0967. The summed E-state index contributed by atoms with van der Waals surface area (Å²) in [6.45, 7) is 7.80. The smallest absolute Gasteiger partial charge is 0.366 e. The van der Waals surface area contributed by atoms with Gasteiger partial charge < -0.3 is 13.3 Å². The van der Waals surface area contributed by atoms with Gasteiger partial charge in [-0.3, -0.25) is 0 Å². The lowest BCUT2D eigenvalue weighted by Gasteiger charge is -2.25. The van der Waals surface area contributed by atoms with Crippen molar-refractivity contribution in [2.24, 2.45) is 0 Å². The second-order valence-corrected chi connectivity index (χ2v) is 7.00. The van der Waals surface area contributed by atoms with Crippen molar-refractivity contribution in [3.8, 4) is 0 Å². The summed E-state index contributed by atoms with van der Waals surface area (Å²) in [6, 6.07) is 0. The molecule has 0 aliphatic heterocycles. The Kier molecular flexibility index (Phi) is 7.17. The van der Waals surface area contributed by atoms with Crippen LogP contribution in [0.5, 0.6) is 0 Å². The van der Waals surface area contributed by atoms with Gasteiger partial charge in [-0.05, 0) is 27.0 Å². The fourth-order valence-corrected chi connectivity index (χ4v) is 4.62. The molecule has 74 valence electrons. The molecule has 0 fully saturated rings. The minimum absolute atomic E-state index is 0.646. The molecule has 0 saturated heterocycles. The molecule has 0 aromatic carbocycles. The van der Waals surface area contributed by atoms with Crippen LogP contribution in [0.1, 0.15) is 20.8 Å². The van der Waals surface area contributed by atoms with E-state index in [9.17, 15) is 0 Å². The zero-order chi connectivity index (χ0) is 9.45. The van der Waals surface area contributed by atoms with E-state index in [-0.39, 0.29) is 0 Å². The van der Waals surface area contributed by atoms with Gasteiger partial charge in [0.2, 0.25) is 0 Å². The summed E-state index contributed by atoms with van der Waals surface area (Å²) in [4.78, 5) is 0. The Morgan fingerprint density at radius 3 is 1.42 bits per heavy atom. The van der Waals surface area contributed by atoms with Crippen LogP contribution in [-0.4, -0.2) is 34.0 Å². The van der Waals surface area contributed by atoms with E-state index in [1.54, 1.807) is 11.2 Å². The molecule has 0 aliphatic rings. The Morgan fingerprint density at radius 2 is 1.25 bits per heavy atom. The van der Waals surface area contributed by atoms with Crippen LogP contribution >= 0.6 is 11.2 Å². The molecule has 0 aromatic heterocycles. The molecule has 0 aliphatic carbocycles. The van der Waals surface area contributed by atoms with Crippen molar-refractivity contribution < 1.29 is 13.3 Å². The van der Waals surface area contributed by atoms with Crippen LogP contribution in [0.15, 0.2) is 0 Å².